The molecule has 0 bridgehead atoms. The number of benzene rings is 1. The van der Waals surface area contributed by atoms with Crippen LogP contribution in [0.3, 0.4) is 0 Å². The number of thiophene rings is 1. The summed E-state index contributed by atoms with van der Waals surface area (Å²) in [4.78, 5) is 13.6. The minimum absolute atomic E-state index is 0.346. The SMILES string of the molecule is CCN(Cc1cccs1)c1ccc(C=CC(=O)O)cc1F. The molecular formula is C16H16FNO2S. The van der Waals surface area contributed by atoms with E-state index in [-0.39, 0.29) is 5.82 Å². The minimum atomic E-state index is -1.05. The Morgan fingerprint density at radius 3 is 2.81 bits per heavy atom. The molecule has 0 saturated carbocycles. The highest BCUT2D eigenvalue weighted by atomic mass is 32.1. The van der Waals surface area contributed by atoms with E-state index in [9.17, 15) is 9.18 Å². The highest BCUT2D eigenvalue weighted by Crippen LogP contribution is 2.24. The molecule has 0 fully saturated rings. The maximum Gasteiger partial charge on any atom is 0.328 e. The molecule has 1 heterocycles. The lowest BCUT2D eigenvalue weighted by Crippen LogP contribution is -2.22. The van der Waals surface area contributed by atoms with Gasteiger partial charge in [0.1, 0.15) is 5.82 Å². The van der Waals surface area contributed by atoms with E-state index < -0.39 is 5.97 Å². The molecule has 0 aliphatic rings. The van der Waals surface area contributed by atoms with Crippen LogP contribution in [0, 0.1) is 5.82 Å². The van der Waals surface area contributed by atoms with E-state index in [4.69, 9.17) is 5.11 Å². The predicted octanol–water partition coefficient (Wildman–Crippen LogP) is 4.01. The van der Waals surface area contributed by atoms with Crippen molar-refractivity contribution in [2.75, 3.05) is 11.4 Å². The third-order valence-corrected chi connectivity index (χ3v) is 3.90. The summed E-state index contributed by atoms with van der Waals surface area (Å²) in [6.45, 7) is 3.33. The number of aliphatic carboxylic acids is 1. The molecule has 0 spiro atoms. The summed E-state index contributed by atoms with van der Waals surface area (Å²) in [6.07, 6.45) is 2.38. The average molecular weight is 305 g/mol. The molecule has 0 atom stereocenters. The molecule has 21 heavy (non-hydrogen) atoms. The molecule has 1 aromatic heterocycles. The van der Waals surface area contributed by atoms with E-state index in [1.54, 1.807) is 23.5 Å². The number of hydrogen-bond donors (Lipinski definition) is 1. The molecule has 0 unspecified atom stereocenters. The number of carbonyl (C=O) groups is 1. The van der Waals surface area contributed by atoms with Crippen LogP contribution in [0.4, 0.5) is 10.1 Å². The van der Waals surface area contributed by atoms with Gasteiger partial charge in [0.05, 0.1) is 12.2 Å². The smallest absolute Gasteiger partial charge is 0.328 e. The zero-order chi connectivity index (χ0) is 15.2. The number of carboxylic acids is 1. The van der Waals surface area contributed by atoms with E-state index in [0.717, 1.165) is 6.08 Å². The number of nitrogens with zero attached hydrogens (tertiary/aromatic N) is 1. The number of hydrogen-bond acceptors (Lipinski definition) is 3. The second-order valence-electron chi connectivity index (χ2n) is 4.48. The van der Waals surface area contributed by atoms with Gasteiger partial charge in [-0.05, 0) is 42.1 Å². The normalized spacial score (nSPS) is 11.0. The van der Waals surface area contributed by atoms with Crippen LogP contribution in [0.5, 0.6) is 0 Å². The summed E-state index contributed by atoms with van der Waals surface area (Å²) >= 11 is 1.64. The van der Waals surface area contributed by atoms with Gasteiger partial charge in [0.15, 0.2) is 0 Å². The van der Waals surface area contributed by atoms with Crippen molar-refractivity contribution in [1.82, 2.24) is 0 Å². The summed E-state index contributed by atoms with van der Waals surface area (Å²) < 4.78 is 14.2. The summed E-state index contributed by atoms with van der Waals surface area (Å²) in [7, 11) is 0. The highest BCUT2D eigenvalue weighted by Gasteiger charge is 2.11. The predicted molar refractivity (Wildman–Crippen MR) is 84.1 cm³/mol. The van der Waals surface area contributed by atoms with Crippen LogP contribution < -0.4 is 4.90 Å². The van der Waals surface area contributed by atoms with E-state index >= 15 is 0 Å². The first kappa shape index (κ1) is 15.3. The zero-order valence-electron chi connectivity index (χ0n) is 11.6. The lowest BCUT2D eigenvalue weighted by atomic mass is 10.1. The van der Waals surface area contributed by atoms with Crippen molar-refractivity contribution in [2.24, 2.45) is 0 Å². The van der Waals surface area contributed by atoms with Crippen molar-refractivity contribution in [3.05, 3.63) is 58.0 Å². The molecule has 2 rings (SSSR count). The third kappa shape index (κ3) is 4.16. The molecule has 0 aliphatic heterocycles. The molecule has 1 N–H and O–H groups in total. The largest absolute Gasteiger partial charge is 0.478 e. The second kappa shape index (κ2) is 7.04. The van der Waals surface area contributed by atoms with Crippen molar-refractivity contribution in [1.29, 1.82) is 0 Å². The maximum atomic E-state index is 14.2. The Balaban J connectivity index is 2.20. The van der Waals surface area contributed by atoms with Crippen molar-refractivity contribution in [3.63, 3.8) is 0 Å². The first-order valence-corrected chi connectivity index (χ1v) is 7.46. The molecule has 0 radical (unpaired) electrons. The van der Waals surface area contributed by atoms with Crippen molar-refractivity contribution >= 4 is 29.1 Å². The standard InChI is InChI=1S/C16H16FNO2S/c1-2-18(11-13-4-3-9-21-13)15-7-5-12(10-14(15)17)6-8-16(19)20/h3-10H,2,11H2,1H3,(H,19,20). The number of rotatable bonds is 6. The topological polar surface area (TPSA) is 40.5 Å². The van der Waals surface area contributed by atoms with Gasteiger partial charge in [-0.15, -0.1) is 11.3 Å². The average Bonchev–Trinajstić information content (AvgIpc) is 2.96. The van der Waals surface area contributed by atoms with Gasteiger partial charge >= 0.3 is 5.97 Å². The lowest BCUT2D eigenvalue weighted by Gasteiger charge is -2.23. The zero-order valence-corrected chi connectivity index (χ0v) is 12.4. The van der Waals surface area contributed by atoms with Crippen LogP contribution in [-0.4, -0.2) is 17.6 Å². The molecule has 110 valence electrons. The van der Waals surface area contributed by atoms with Gasteiger partial charge in [0, 0.05) is 17.5 Å². The van der Waals surface area contributed by atoms with Gasteiger partial charge in [-0.25, -0.2) is 9.18 Å². The molecule has 0 amide bonds. The Hall–Kier alpha value is -2.14. The molecule has 0 aliphatic carbocycles. The number of anilines is 1. The van der Waals surface area contributed by atoms with Crippen LogP contribution in [0.1, 0.15) is 17.4 Å². The number of carboxylic acid groups (broad SMARTS) is 1. The molecule has 1 aromatic carbocycles. The Labute approximate surface area is 127 Å². The van der Waals surface area contributed by atoms with E-state index in [0.29, 0.717) is 24.3 Å². The molecule has 0 saturated heterocycles. The molecular weight excluding hydrogens is 289 g/mol. The fourth-order valence-corrected chi connectivity index (χ4v) is 2.73. The third-order valence-electron chi connectivity index (χ3n) is 3.04. The summed E-state index contributed by atoms with van der Waals surface area (Å²) in [5, 5.41) is 10.6. The van der Waals surface area contributed by atoms with Gasteiger partial charge in [-0.2, -0.15) is 0 Å². The highest BCUT2D eigenvalue weighted by molar-refractivity contribution is 7.09. The second-order valence-corrected chi connectivity index (χ2v) is 5.51. The fourth-order valence-electron chi connectivity index (χ4n) is 2.01. The quantitative estimate of drug-likeness (QED) is 0.820. The lowest BCUT2D eigenvalue weighted by molar-refractivity contribution is -0.131. The van der Waals surface area contributed by atoms with E-state index in [1.165, 1.54) is 17.0 Å². The van der Waals surface area contributed by atoms with Crippen LogP contribution in [0.15, 0.2) is 41.8 Å². The molecule has 3 nitrogen and oxygen atoms in total. The maximum absolute atomic E-state index is 14.2. The number of halogens is 1. The van der Waals surface area contributed by atoms with E-state index in [1.807, 2.05) is 29.3 Å². The van der Waals surface area contributed by atoms with Gasteiger partial charge in [0.25, 0.3) is 0 Å². The van der Waals surface area contributed by atoms with Gasteiger partial charge in [0.2, 0.25) is 0 Å². The first-order valence-electron chi connectivity index (χ1n) is 6.58. The monoisotopic (exact) mass is 305 g/mol. The molecule has 2 aromatic rings. The van der Waals surface area contributed by atoms with Gasteiger partial charge in [-0.1, -0.05) is 12.1 Å². The first-order chi connectivity index (χ1) is 10.1. The van der Waals surface area contributed by atoms with Crippen LogP contribution >= 0.6 is 11.3 Å². The Morgan fingerprint density at radius 2 is 2.24 bits per heavy atom. The Morgan fingerprint density at radius 1 is 1.43 bits per heavy atom. The molecule has 5 heteroatoms. The Kier molecular flexibility index (Phi) is 5.11. The van der Waals surface area contributed by atoms with Crippen molar-refractivity contribution in [3.8, 4) is 0 Å². The summed E-state index contributed by atoms with van der Waals surface area (Å²) in [5.74, 6) is -1.40. The van der Waals surface area contributed by atoms with Gasteiger partial charge < -0.3 is 10.0 Å². The van der Waals surface area contributed by atoms with Crippen LogP contribution in [-0.2, 0) is 11.3 Å². The summed E-state index contributed by atoms with van der Waals surface area (Å²) in [5.41, 5.74) is 1.06. The van der Waals surface area contributed by atoms with Crippen molar-refractivity contribution < 1.29 is 14.3 Å². The van der Waals surface area contributed by atoms with Crippen LogP contribution in [0.25, 0.3) is 6.08 Å². The Bertz CT molecular complexity index is 638. The summed E-state index contributed by atoms with van der Waals surface area (Å²) in [6, 6.07) is 8.76. The minimum Gasteiger partial charge on any atom is -0.478 e. The van der Waals surface area contributed by atoms with Gasteiger partial charge in [-0.3, -0.25) is 0 Å². The van der Waals surface area contributed by atoms with E-state index in [2.05, 4.69) is 0 Å². The van der Waals surface area contributed by atoms with Crippen molar-refractivity contribution in [2.45, 2.75) is 13.5 Å². The fraction of sp³-hybridized carbons (Fsp3) is 0.188. The van der Waals surface area contributed by atoms with Crippen LogP contribution in [0.2, 0.25) is 0 Å².